The number of benzene rings is 2. The Kier molecular flexibility index (Phi) is 5.35. The first kappa shape index (κ1) is 20.1. The molecule has 1 aliphatic heterocycles. The number of rotatable bonds is 4. The highest BCUT2D eigenvalue weighted by Gasteiger charge is 2.30. The van der Waals surface area contributed by atoms with E-state index < -0.39 is 11.8 Å². The van der Waals surface area contributed by atoms with E-state index in [1.165, 1.54) is 6.21 Å². The van der Waals surface area contributed by atoms with Gasteiger partial charge in [0.1, 0.15) is 16.8 Å². The number of hydrogen-bond donors (Lipinski definition) is 2. The van der Waals surface area contributed by atoms with Crippen LogP contribution < -0.4 is 10.7 Å². The predicted octanol–water partition coefficient (Wildman–Crippen LogP) is 3.21. The minimum atomic E-state index is -0.801. The summed E-state index contributed by atoms with van der Waals surface area (Å²) in [4.78, 5) is 24.9. The van der Waals surface area contributed by atoms with Gasteiger partial charge in [-0.3, -0.25) is 9.59 Å². The van der Waals surface area contributed by atoms with Crippen LogP contribution in [0.1, 0.15) is 16.8 Å². The van der Waals surface area contributed by atoms with Gasteiger partial charge in [0, 0.05) is 11.3 Å². The van der Waals surface area contributed by atoms with Gasteiger partial charge in [0.2, 0.25) is 0 Å². The van der Waals surface area contributed by atoms with E-state index >= 15 is 0 Å². The number of nitrogens with one attached hydrogen (secondary N) is 2. The standard InChI is InChI=1S/C22H15ClN6O2/c1-13-17(20(23)29(28-13)14-7-3-2-4-8-14)12-25-27-21(30)16(11-24)19-15-9-5-6-10-18(15)26-22(19)31/h2-10,12H,1H3,(H,26,31)(H,27,30). The smallest absolute Gasteiger partial charge is 0.282 e. The average Bonchev–Trinajstić information content (AvgIpc) is 3.25. The molecule has 0 saturated heterocycles. The quantitative estimate of drug-likeness (QED) is 0.286. The Bertz CT molecular complexity index is 1300. The average molecular weight is 431 g/mol. The number of nitriles is 1. The van der Waals surface area contributed by atoms with Crippen LogP contribution in [0, 0.1) is 18.3 Å². The van der Waals surface area contributed by atoms with Crippen molar-refractivity contribution < 1.29 is 9.59 Å². The summed E-state index contributed by atoms with van der Waals surface area (Å²) in [5.74, 6) is -1.32. The van der Waals surface area contributed by atoms with E-state index in [1.807, 2.05) is 30.3 Å². The molecule has 31 heavy (non-hydrogen) atoms. The second-order valence-corrected chi connectivity index (χ2v) is 6.96. The lowest BCUT2D eigenvalue weighted by Gasteiger charge is -2.03. The number of carbonyl (C=O) groups excluding carboxylic acids is 2. The molecule has 4 rings (SSSR count). The van der Waals surface area contributed by atoms with Crippen LogP contribution in [0.5, 0.6) is 0 Å². The summed E-state index contributed by atoms with van der Waals surface area (Å²) < 4.78 is 1.56. The molecule has 0 radical (unpaired) electrons. The van der Waals surface area contributed by atoms with Crippen LogP contribution in [0.3, 0.4) is 0 Å². The SMILES string of the molecule is Cc1nn(-c2ccccc2)c(Cl)c1C=NNC(=O)C(C#N)=C1C(=O)Nc2ccccc21. The summed E-state index contributed by atoms with van der Waals surface area (Å²) >= 11 is 6.43. The van der Waals surface area contributed by atoms with Crippen molar-refractivity contribution in [3.8, 4) is 11.8 Å². The number of aromatic nitrogens is 2. The molecule has 0 unspecified atom stereocenters. The minimum Gasteiger partial charge on any atom is -0.321 e. The largest absolute Gasteiger partial charge is 0.321 e. The van der Waals surface area contributed by atoms with Gasteiger partial charge in [-0.15, -0.1) is 0 Å². The van der Waals surface area contributed by atoms with Crippen LogP contribution in [-0.2, 0) is 9.59 Å². The van der Waals surface area contributed by atoms with E-state index in [4.69, 9.17) is 11.6 Å². The second kappa shape index (κ2) is 8.26. The Balaban J connectivity index is 1.59. The van der Waals surface area contributed by atoms with Crippen molar-refractivity contribution in [2.75, 3.05) is 5.32 Å². The van der Waals surface area contributed by atoms with Crippen LogP contribution >= 0.6 is 11.6 Å². The molecule has 2 heterocycles. The first-order valence-corrected chi connectivity index (χ1v) is 9.58. The van der Waals surface area contributed by atoms with Gasteiger partial charge in [0.25, 0.3) is 11.8 Å². The Labute approximate surface area is 182 Å². The number of para-hydroxylation sites is 2. The van der Waals surface area contributed by atoms with Crippen LogP contribution in [-0.4, -0.2) is 27.8 Å². The number of halogens is 1. The van der Waals surface area contributed by atoms with E-state index in [1.54, 1.807) is 41.9 Å². The van der Waals surface area contributed by atoms with Crippen LogP contribution in [0.15, 0.2) is 65.3 Å². The summed E-state index contributed by atoms with van der Waals surface area (Å²) in [6, 6.07) is 18.0. The lowest BCUT2D eigenvalue weighted by molar-refractivity contribution is -0.117. The first-order valence-electron chi connectivity index (χ1n) is 9.20. The molecule has 1 aromatic heterocycles. The molecule has 0 fully saturated rings. The highest BCUT2D eigenvalue weighted by Crippen LogP contribution is 2.33. The maximum Gasteiger partial charge on any atom is 0.282 e. The van der Waals surface area contributed by atoms with E-state index in [0.29, 0.717) is 27.7 Å². The molecule has 152 valence electrons. The zero-order chi connectivity index (χ0) is 22.0. The van der Waals surface area contributed by atoms with Gasteiger partial charge in [0.05, 0.1) is 28.7 Å². The maximum absolute atomic E-state index is 12.6. The molecule has 9 heteroatoms. The number of amides is 2. The fraction of sp³-hybridized carbons (Fsp3) is 0.0455. The Hall–Kier alpha value is -4.22. The van der Waals surface area contributed by atoms with Gasteiger partial charge in [-0.25, -0.2) is 10.1 Å². The lowest BCUT2D eigenvalue weighted by atomic mass is 10.0. The van der Waals surface area contributed by atoms with Crippen molar-refractivity contribution in [1.29, 1.82) is 5.26 Å². The molecule has 8 nitrogen and oxygen atoms in total. The molecule has 1 aliphatic rings. The summed E-state index contributed by atoms with van der Waals surface area (Å²) in [5.41, 5.74) is 4.90. The van der Waals surface area contributed by atoms with Gasteiger partial charge in [-0.2, -0.15) is 15.5 Å². The highest BCUT2D eigenvalue weighted by molar-refractivity contribution is 6.36. The molecular formula is C22H15ClN6O2. The van der Waals surface area contributed by atoms with Crippen molar-refractivity contribution >= 4 is 40.9 Å². The molecule has 0 saturated carbocycles. The number of hydrazone groups is 1. The Morgan fingerprint density at radius 2 is 1.94 bits per heavy atom. The second-order valence-electron chi connectivity index (χ2n) is 6.60. The predicted molar refractivity (Wildman–Crippen MR) is 117 cm³/mol. The molecule has 3 aromatic rings. The third kappa shape index (κ3) is 3.70. The normalized spacial score (nSPS) is 14.2. The van der Waals surface area contributed by atoms with Gasteiger partial charge in [-0.05, 0) is 25.1 Å². The van der Waals surface area contributed by atoms with Crippen molar-refractivity contribution in [2.24, 2.45) is 5.10 Å². The number of fused-ring (bicyclic) bond motifs is 1. The molecule has 0 spiro atoms. The molecule has 0 aliphatic carbocycles. The van der Waals surface area contributed by atoms with Gasteiger partial charge < -0.3 is 5.32 Å². The van der Waals surface area contributed by atoms with E-state index in [0.717, 1.165) is 5.69 Å². The molecule has 2 amide bonds. The third-order valence-corrected chi connectivity index (χ3v) is 5.03. The number of aryl methyl sites for hydroxylation is 1. The summed E-state index contributed by atoms with van der Waals surface area (Å²) in [7, 11) is 0. The van der Waals surface area contributed by atoms with Gasteiger partial charge >= 0.3 is 0 Å². The zero-order valence-electron chi connectivity index (χ0n) is 16.3. The van der Waals surface area contributed by atoms with Crippen molar-refractivity contribution in [3.63, 3.8) is 0 Å². The molecule has 2 aromatic carbocycles. The summed E-state index contributed by atoms with van der Waals surface area (Å²) in [6.45, 7) is 1.76. The number of nitrogens with zero attached hydrogens (tertiary/aromatic N) is 4. The van der Waals surface area contributed by atoms with Crippen LogP contribution in [0.4, 0.5) is 5.69 Å². The zero-order valence-corrected chi connectivity index (χ0v) is 17.0. The van der Waals surface area contributed by atoms with Gasteiger partial charge in [0.15, 0.2) is 0 Å². The Morgan fingerprint density at radius 3 is 2.68 bits per heavy atom. The molecule has 2 N–H and O–H groups in total. The minimum absolute atomic E-state index is 0.0110. The first-order chi connectivity index (χ1) is 15.0. The number of hydrogen-bond acceptors (Lipinski definition) is 5. The van der Waals surface area contributed by atoms with Crippen LogP contribution in [0.25, 0.3) is 11.3 Å². The lowest BCUT2D eigenvalue weighted by Crippen LogP contribution is -2.21. The Morgan fingerprint density at radius 1 is 1.23 bits per heavy atom. The van der Waals surface area contributed by atoms with Crippen molar-refractivity contribution in [2.45, 2.75) is 6.92 Å². The fourth-order valence-electron chi connectivity index (χ4n) is 3.20. The van der Waals surface area contributed by atoms with Crippen LogP contribution in [0.2, 0.25) is 5.15 Å². The summed E-state index contributed by atoms with van der Waals surface area (Å²) in [5, 5.41) is 20.8. The van der Waals surface area contributed by atoms with Crippen molar-refractivity contribution in [1.82, 2.24) is 15.2 Å². The molecule has 0 atom stereocenters. The van der Waals surface area contributed by atoms with E-state index in [9.17, 15) is 14.9 Å². The number of carbonyl (C=O) groups is 2. The molecule has 0 bridgehead atoms. The summed E-state index contributed by atoms with van der Waals surface area (Å²) in [6.07, 6.45) is 1.35. The van der Waals surface area contributed by atoms with E-state index in [-0.39, 0.29) is 11.1 Å². The maximum atomic E-state index is 12.6. The monoisotopic (exact) mass is 430 g/mol. The van der Waals surface area contributed by atoms with Gasteiger partial charge in [-0.1, -0.05) is 48.0 Å². The van der Waals surface area contributed by atoms with Crippen molar-refractivity contribution in [3.05, 3.63) is 82.1 Å². The fourth-order valence-corrected chi connectivity index (χ4v) is 3.52. The third-order valence-electron chi connectivity index (χ3n) is 4.67. The highest BCUT2D eigenvalue weighted by atomic mass is 35.5. The van der Waals surface area contributed by atoms with E-state index in [2.05, 4.69) is 20.9 Å². The topological polar surface area (TPSA) is 112 Å². The number of anilines is 1. The molecular weight excluding hydrogens is 416 g/mol.